The number of hydrogen-bond donors (Lipinski definition) is 1. The second-order valence-corrected chi connectivity index (χ2v) is 9.23. The Hall–Kier alpha value is -2.67. The van der Waals surface area contributed by atoms with Gasteiger partial charge in [0, 0.05) is 12.6 Å². The molecule has 1 N–H and O–H groups in total. The molecule has 5 nitrogen and oxygen atoms in total. The molecule has 0 aliphatic heterocycles. The average molecular weight is 413 g/mol. The van der Waals surface area contributed by atoms with Crippen LogP contribution in [-0.4, -0.2) is 25.9 Å². The summed E-state index contributed by atoms with van der Waals surface area (Å²) in [6.45, 7) is 8.28. The molecule has 29 heavy (non-hydrogen) atoms. The quantitative estimate of drug-likeness (QED) is 0.597. The molecular formula is C22H25FN4OS. The van der Waals surface area contributed by atoms with Crippen LogP contribution >= 0.6 is 11.8 Å². The molecule has 0 fully saturated rings. The number of nitrogens with zero attached hydrogens (tertiary/aromatic N) is 3. The van der Waals surface area contributed by atoms with Gasteiger partial charge in [-0.3, -0.25) is 4.79 Å². The number of halogens is 1. The molecule has 1 amide bonds. The SMILES string of the molecule is C[C@@H](Sc1nnc(-c2ccc(C(C)(C)C)cc2)n1C)C(=O)Nc1ccccc1F. The number of rotatable bonds is 5. The van der Waals surface area contributed by atoms with Crippen molar-refractivity contribution in [3.8, 4) is 11.4 Å². The molecule has 0 aliphatic carbocycles. The number of amides is 1. The number of benzene rings is 2. The Labute approximate surface area is 174 Å². The van der Waals surface area contributed by atoms with Crippen LogP contribution in [0.2, 0.25) is 0 Å². The van der Waals surface area contributed by atoms with Crippen molar-refractivity contribution in [3.63, 3.8) is 0 Å². The second kappa shape index (κ2) is 8.37. The first-order valence-electron chi connectivity index (χ1n) is 9.39. The molecule has 2 aromatic carbocycles. The van der Waals surface area contributed by atoms with Crippen molar-refractivity contribution in [2.24, 2.45) is 7.05 Å². The van der Waals surface area contributed by atoms with Gasteiger partial charge in [-0.1, -0.05) is 68.9 Å². The van der Waals surface area contributed by atoms with Crippen LogP contribution in [0.5, 0.6) is 0 Å². The van der Waals surface area contributed by atoms with Crippen LogP contribution in [0.15, 0.2) is 53.7 Å². The summed E-state index contributed by atoms with van der Waals surface area (Å²) in [6, 6.07) is 14.4. The Morgan fingerprint density at radius 2 is 1.76 bits per heavy atom. The van der Waals surface area contributed by atoms with E-state index < -0.39 is 11.1 Å². The Bertz CT molecular complexity index is 1010. The highest BCUT2D eigenvalue weighted by molar-refractivity contribution is 8.00. The van der Waals surface area contributed by atoms with Crippen LogP contribution in [-0.2, 0) is 17.3 Å². The molecule has 0 bridgehead atoms. The highest BCUT2D eigenvalue weighted by atomic mass is 32.2. The van der Waals surface area contributed by atoms with Crippen LogP contribution in [0.25, 0.3) is 11.4 Å². The Kier molecular flexibility index (Phi) is 6.07. The molecule has 0 unspecified atom stereocenters. The van der Waals surface area contributed by atoms with E-state index in [9.17, 15) is 9.18 Å². The van der Waals surface area contributed by atoms with Crippen molar-refractivity contribution in [2.75, 3.05) is 5.32 Å². The van der Waals surface area contributed by atoms with E-state index in [-0.39, 0.29) is 17.0 Å². The molecule has 0 saturated heterocycles. The fourth-order valence-corrected chi connectivity index (χ4v) is 3.61. The minimum atomic E-state index is -0.464. The van der Waals surface area contributed by atoms with Crippen LogP contribution in [0, 0.1) is 5.82 Å². The first-order valence-corrected chi connectivity index (χ1v) is 10.3. The van der Waals surface area contributed by atoms with Crippen molar-refractivity contribution in [1.29, 1.82) is 0 Å². The van der Waals surface area contributed by atoms with Crippen LogP contribution in [0.4, 0.5) is 10.1 Å². The first kappa shape index (κ1) is 21.0. The maximum atomic E-state index is 13.7. The molecule has 152 valence electrons. The summed E-state index contributed by atoms with van der Waals surface area (Å²) in [7, 11) is 1.87. The first-order chi connectivity index (χ1) is 13.7. The lowest BCUT2D eigenvalue weighted by Gasteiger charge is -2.19. The van der Waals surface area contributed by atoms with E-state index in [0.29, 0.717) is 5.16 Å². The van der Waals surface area contributed by atoms with Gasteiger partial charge in [0.1, 0.15) is 5.82 Å². The zero-order chi connectivity index (χ0) is 21.2. The molecule has 0 saturated carbocycles. The fourth-order valence-electron chi connectivity index (χ4n) is 2.80. The monoisotopic (exact) mass is 412 g/mol. The minimum Gasteiger partial charge on any atom is -0.323 e. The Morgan fingerprint density at radius 3 is 2.38 bits per heavy atom. The number of carbonyl (C=O) groups is 1. The lowest BCUT2D eigenvalue weighted by atomic mass is 9.87. The van der Waals surface area contributed by atoms with E-state index in [2.05, 4.69) is 48.4 Å². The second-order valence-electron chi connectivity index (χ2n) is 7.92. The van der Waals surface area contributed by atoms with Crippen LogP contribution in [0.3, 0.4) is 0 Å². The molecule has 0 aliphatic rings. The summed E-state index contributed by atoms with van der Waals surface area (Å²) in [5.74, 6) is -0.0217. The molecule has 7 heteroatoms. The lowest BCUT2D eigenvalue weighted by Crippen LogP contribution is -2.23. The maximum absolute atomic E-state index is 13.7. The zero-order valence-corrected chi connectivity index (χ0v) is 18.0. The fraction of sp³-hybridized carbons (Fsp3) is 0.318. The van der Waals surface area contributed by atoms with Gasteiger partial charge < -0.3 is 9.88 Å². The number of hydrogen-bond acceptors (Lipinski definition) is 4. The average Bonchev–Trinajstić information content (AvgIpc) is 3.03. The third-order valence-corrected chi connectivity index (χ3v) is 5.76. The van der Waals surface area contributed by atoms with E-state index in [0.717, 1.165) is 11.4 Å². The van der Waals surface area contributed by atoms with Gasteiger partial charge >= 0.3 is 0 Å². The third-order valence-electron chi connectivity index (χ3n) is 4.63. The van der Waals surface area contributed by atoms with Crippen molar-refractivity contribution in [3.05, 3.63) is 59.9 Å². The predicted octanol–water partition coefficient (Wildman–Crippen LogP) is 5.04. The number of nitrogens with one attached hydrogen (secondary N) is 1. The van der Waals surface area contributed by atoms with Gasteiger partial charge in [-0.15, -0.1) is 10.2 Å². The zero-order valence-electron chi connectivity index (χ0n) is 17.2. The van der Waals surface area contributed by atoms with E-state index in [1.54, 1.807) is 19.1 Å². The van der Waals surface area contributed by atoms with Gasteiger partial charge in [0.25, 0.3) is 0 Å². The molecule has 1 heterocycles. The highest BCUT2D eigenvalue weighted by Crippen LogP contribution is 2.28. The van der Waals surface area contributed by atoms with Gasteiger partial charge in [0.05, 0.1) is 10.9 Å². The largest absolute Gasteiger partial charge is 0.323 e. The van der Waals surface area contributed by atoms with E-state index >= 15 is 0 Å². The molecule has 0 radical (unpaired) electrons. The highest BCUT2D eigenvalue weighted by Gasteiger charge is 2.21. The number of carbonyl (C=O) groups excluding carboxylic acids is 1. The van der Waals surface area contributed by atoms with E-state index in [1.807, 2.05) is 23.7 Å². The van der Waals surface area contributed by atoms with Gasteiger partial charge in [-0.2, -0.15) is 0 Å². The smallest absolute Gasteiger partial charge is 0.237 e. The van der Waals surface area contributed by atoms with Crippen molar-refractivity contribution in [2.45, 2.75) is 43.5 Å². The van der Waals surface area contributed by atoms with Gasteiger partial charge in [-0.25, -0.2) is 4.39 Å². The standard InChI is InChI=1S/C22H25FN4OS/c1-14(20(28)24-18-9-7-6-8-17(18)23)29-21-26-25-19(27(21)5)15-10-12-16(13-11-15)22(2,3)4/h6-14H,1-5H3,(H,24,28)/t14-/m1/s1. The summed E-state index contributed by atoms with van der Waals surface area (Å²) in [5.41, 5.74) is 2.46. The molecule has 3 aromatic rings. The summed E-state index contributed by atoms with van der Waals surface area (Å²) in [5, 5.41) is 11.3. The predicted molar refractivity (Wildman–Crippen MR) is 115 cm³/mol. The van der Waals surface area contributed by atoms with Crippen molar-refractivity contribution in [1.82, 2.24) is 14.8 Å². The Morgan fingerprint density at radius 1 is 1.10 bits per heavy atom. The minimum absolute atomic E-state index is 0.0838. The van der Waals surface area contributed by atoms with E-state index in [1.165, 1.54) is 29.5 Å². The summed E-state index contributed by atoms with van der Waals surface area (Å²) in [6.07, 6.45) is 0. The van der Waals surface area contributed by atoms with Gasteiger partial charge in [0.2, 0.25) is 5.91 Å². The topological polar surface area (TPSA) is 59.8 Å². The Balaban J connectivity index is 1.72. The van der Waals surface area contributed by atoms with Gasteiger partial charge in [-0.05, 0) is 30.0 Å². The van der Waals surface area contributed by atoms with Gasteiger partial charge in [0.15, 0.2) is 11.0 Å². The summed E-state index contributed by atoms with van der Waals surface area (Å²) >= 11 is 1.28. The third kappa shape index (κ3) is 4.85. The molecule has 3 rings (SSSR count). The van der Waals surface area contributed by atoms with E-state index in [4.69, 9.17) is 0 Å². The number of para-hydroxylation sites is 1. The lowest BCUT2D eigenvalue weighted by molar-refractivity contribution is -0.115. The van der Waals surface area contributed by atoms with Crippen LogP contribution < -0.4 is 5.32 Å². The van der Waals surface area contributed by atoms with Crippen molar-refractivity contribution < 1.29 is 9.18 Å². The maximum Gasteiger partial charge on any atom is 0.237 e. The number of anilines is 1. The molecule has 1 aromatic heterocycles. The van der Waals surface area contributed by atoms with Crippen LogP contribution in [0.1, 0.15) is 33.3 Å². The number of thioether (sulfide) groups is 1. The molecular weight excluding hydrogens is 387 g/mol. The normalized spacial score (nSPS) is 12.6. The van der Waals surface area contributed by atoms with Crippen molar-refractivity contribution >= 4 is 23.4 Å². The summed E-state index contributed by atoms with van der Waals surface area (Å²) < 4.78 is 15.6. The number of aromatic nitrogens is 3. The summed E-state index contributed by atoms with van der Waals surface area (Å²) in [4.78, 5) is 12.4. The molecule has 1 atom stereocenters. The molecule has 0 spiro atoms.